The first kappa shape index (κ1) is 22.7. The van der Waals surface area contributed by atoms with E-state index < -0.39 is 5.60 Å². The third-order valence-electron chi connectivity index (χ3n) is 6.37. The maximum atomic E-state index is 11.2. The lowest BCUT2D eigenvalue weighted by molar-refractivity contribution is -0.120. The summed E-state index contributed by atoms with van der Waals surface area (Å²) in [5.74, 6) is 0.876. The third kappa shape index (κ3) is 6.51. The summed E-state index contributed by atoms with van der Waals surface area (Å²) in [6.45, 7) is 7.00. The number of aliphatic hydroxyl groups is 1. The van der Waals surface area contributed by atoms with E-state index in [1.807, 2.05) is 30.3 Å². The molecule has 2 aromatic rings. The standard InChI is InChI=1S/C25H34N4O3/c1-20(30)27-22-9-13-28(14-10-22)18-25(31)11-15-29(19-25)16-21-5-7-24(8-6-21)32-17-23-4-2-3-12-26-23/h2-8,12,22,31H,9-11,13-19H2,1H3,(H,27,30)/t25-/m1/s1. The highest BCUT2D eigenvalue weighted by Gasteiger charge is 2.38. The fourth-order valence-electron chi connectivity index (χ4n) is 4.73. The van der Waals surface area contributed by atoms with Crippen molar-refractivity contribution in [2.45, 2.75) is 51.0 Å². The average molecular weight is 439 g/mol. The van der Waals surface area contributed by atoms with Crippen molar-refractivity contribution in [2.24, 2.45) is 0 Å². The molecule has 0 aliphatic carbocycles. The number of piperidine rings is 1. The Hall–Kier alpha value is -2.48. The number of ether oxygens (including phenoxy) is 1. The third-order valence-corrected chi connectivity index (χ3v) is 6.37. The van der Waals surface area contributed by atoms with Gasteiger partial charge in [0.25, 0.3) is 0 Å². The largest absolute Gasteiger partial charge is 0.487 e. The summed E-state index contributed by atoms with van der Waals surface area (Å²) in [5.41, 5.74) is 1.47. The van der Waals surface area contributed by atoms with Gasteiger partial charge in [-0.2, -0.15) is 0 Å². The van der Waals surface area contributed by atoms with Gasteiger partial charge in [-0.25, -0.2) is 0 Å². The molecule has 7 nitrogen and oxygen atoms in total. The summed E-state index contributed by atoms with van der Waals surface area (Å²) >= 11 is 0. The molecule has 0 saturated carbocycles. The minimum Gasteiger partial charge on any atom is -0.487 e. The minimum absolute atomic E-state index is 0.0429. The Kier molecular flexibility index (Phi) is 7.40. The van der Waals surface area contributed by atoms with Crippen molar-refractivity contribution in [3.8, 4) is 5.75 Å². The van der Waals surface area contributed by atoms with Crippen LogP contribution in [0.15, 0.2) is 48.7 Å². The Labute approximate surface area is 190 Å². The molecule has 7 heteroatoms. The van der Waals surface area contributed by atoms with Crippen LogP contribution >= 0.6 is 0 Å². The van der Waals surface area contributed by atoms with E-state index in [4.69, 9.17) is 4.74 Å². The van der Waals surface area contributed by atoms with E-state index in [9.17, 15) is 9.90 Å². The second-order valence-electron chi connectivity index (χ2n) is 9.19. The first-order valence-electron chi connectivity index (χ1n) is 11.5. The number of nitrogens with one attached hydrogen (secondary N) is 1. The molecule has 1 aromatic carbocycles. The fourth-order valence-corrected chi connectivity index (χ4v) is 4.73. The van der Waals surface area contributed by atoms with Crippen LogP contribution in [0.3, 0.4) is 0 Å². The number of likely N-dealkylation sites (tertiary alicyclic amines) is 2. The van der Waals surface area contributed by atoms with Crippen molar-refractivity contribution in [3.63, 3.8) is 0 Å². The lowest BCUT2D eigenvalue weighted by Gasteiger charge is -2.36. The van der Waals surface area contributed by atoms with Gasteiger partial charge in [-0.15, -0.1) is 0 Å². The van der Waals surface area contributed by atoms with Crippen LogP contribution < -0.4 is 10.1 Å². The van der Waals surface area contributed by atoms with Gasteiger partial charge in [0.1, 0.15) is 12.4 Å². The Balaban J connectivity index is 1.21. The molecule has 2 N–H and O–H groups in total. The fraction of sp³-hybridized carbons (Fsp3) is 0.520. The number of benzene rings is 1. The number of pyridine rings is 1. The molecular formula is C25H34N4O3. The summed E-state index contributed by atoms with van der Waals surface area (Å²) in [7, 11) is 0. The zero-order chi connectivity index (χ0) is 22.4. The smallest absolute Gasteiger partial charge is 0.217 e. The Morgan fingerprint density at radius 2 is 1.94 bits per heavy atom. The minimum atomic E-state index is -0.660. The van der Waals surface area contributed by atoms with E-state index in [0.29, 0.717) is 19.7 Å². The molecule has 172 valence electrons. The Bertz CT molecular complexity index is 869. The average Bonchev–Trinajstić information content (AvgIpc) is 3.15. The van der Waals surface area contributed by atoms with E-state index in [0.717, 1.165) is 56.9 Å². The monoisotopic (exact) mass is 438 g/mol. The van der Waals surface area contributed by atoms with Gasteiger partial charge in [0.15, 0.2) is 0 Å². The number of carbonyl (C=O) groups is 1. The molecule has 0 unspecified atom stereocenters. The molecular weight excluding hydrogens is 404 g/mol. The molecule has 0 radical (unpaired) electrons. The van der Waals surface area contributed by atoms with Gasteiger partial charge in [0.2, 0.25) is 5.91 Å². The second-order valence-corrected chi connectivity index (χ2v) is 9.19. The van der Waals surface area contributed by atoms with Crippen molar-refractivity contribution >= 4 is 5.91 Å². The number of amides is 1. The highest BCUT2D eigenvalue weighted by atomic mass is 16.5. The zero-order valence-electron chi connectivity index (χ0n) is 18.9. The summed E-state index contributed by atoms with van der Waals surface area (Å²) in [6, 6.07) is 14.3. The van der Waals surface area contributed by atoms with Gasteiger partial charge in [0, 0.05) is 58.4 Å². The SMILES string of the molecule is CC(=O)NC1CCN(C[C@]2(O)CCN(Cc3ccc(OCc4ccccn4)cc3)C2)CC1. The molecule has 2 saturated heterocycles. The van der Waals surface area contributed by atoms with Crippen molar-refractivity contribution in [3.05, 3.63) is 59.9 Å². The molecule has 3 heterocycles. The zero-order valence-corrected chi connectivity index (χ0v) is 18.9. The first-order chi connectivity index (χ1) is 15.5. The van der Waals surface area contributed by atoms with Gasteiger partial charge < -0.3 is 20.1 Å². The highest BCUT2D eigenvalue weighted by Crippen LogP contribution is 2.26. The van der Waals surface area contributed by atoms with E-state index in [1.165, 1.54) is 5.56 Å². The lowest BCUT2D eigenvalue weighted by Crippen LogP contribution is -2.50. The van der Waals surface area contributed by atoms with Gasteiger partial charge >= 0.3 is 0 Å². The van der Waals surface area contributed by atoms with Crippen LogP contribution in [0.25, 0.3) is 0 Å². The molecule has 0 bridgehead atoms. The Morgan fingerprint density at radius 1 is 1.16 bits per heavy atom. The maximum absolute atomic E-state index is 11.2. The topological polar surface area (TPSA) is 77.9 Å². The number of hydrogen-bond donors (Lipinski definition) is 2. The Morgan fingerprint density at radius 3 is 2.62 bits per heavy atom. The quantitative estimate of drug-likeness (QED) is 0.658. The summed E-state index contributed by atoms with van der Waals surface area (Å²) < 4.78 is 5.82. The van der Waals surface area contributed by atoms with Gasteiger partial charge in [-0.05, 0) is 49.1 Å². The highest BCUT2D eigenvalue weighted by molar-refractivity contribution is 5.73. The van der Waals surface area contributed by atoms with Crippen LogP contribution in [-0.2, 0) is 17.9 Å². The number of hydrogen-bond acceptors (Lipinski definition) is 6. The van der Waals surface area contributed by atoms with E-state index in [-0.39, 0.29) is 11.9 Å². The van der Waals surface area contributed by atoms with Crippen molar-refractivity contribution in [1.82, 2.24) is 20.1 Å². The van der Waals surface area contributed by atoms with Gasteiger partial charge in [-0.3, -0.25) is 14.7 Å². The normalized spacial score (nSPS) is 22.7. The van der Waals surface area contributed by atoms with Crippen LogP contribution in [-0.4, -0.2) is 70.2 Å². The molecule has 1 amide bonds. The van der Waals surface area contributed by atoms with Gasteiger partial charge in [-0.1, -0.05) is 18.2 Å². The van der Waals surface area contributed by atoms with Gasteiger partial charge in [0.05, 0.1) is 11.3 Å². The lowest BCUT2D eigenvalue weighted by atomic mass is 9.99. The van der Waals surface area contributed by atoms with Crippen LogP contribution in [0.2, 0.25) is 0 Å². The van der Waals surface area contributed by atoms with E-state index in [1.54, 1.807) is 13.1 Å². The molecule has 0 spiro atoms. The maximum Gasteiger partial charge on any atom is 0.217 e. The number of carbonyl (C=O) groups excluding carboxylic acids is 1. The predicted octanol–water partition coefficient (Wildman–Crippen LogP) is 2.20. The van der Waals surface area contributed by atoms with Crippen LogP contribution in [0.5, 0.6) is 5.75 Å². The summed E-state index contributed by atoms with van der Waals surface area (Å²) in [6.07, 6.45) is 4.47. The van der Waals surface area contributed by atoms with Crippen LogP contribution in [0, 0.1) is 0 Å². The summed E-state index contributed by atoms with van der Waals surface area (Å²) in [4.78, 5) is 20.2. The molecule has 2 aliphatic heterocycles. The van der Waals surface area contributed by atoms with E-state index >= 15 is 0 Å². The second kappa shape index (κ2) is 10.4. The van der Waals surface area contributed by atoms with Crippen molar-refractivity contribution < 1.29 is 14.6 Å². The molecule has 2 aliphatic rings. The molecule has 32 heavy (non-hydrogen) atoms. The first-order valence-corrected chi connectivity index (χ1v) is 11.5. The molecule has 1 aromatic heterocycles. The molecule has 2 fully saturated rings. The number of β-amino-alcohol motifs (C(OH)–C–C–N with tert-alkyl or cyclic N) is 1. The predicted molar refractivity (Wildman–Crippen MR) is 123 cm³/mol. The number of nitrogens with zero attached hydrogens (tertiary/aromatic N) is 3. The number of aromatic nitrogens is 1. The van der Waals surface area contributed by atoms with Crippen molar-refractivity contribution in [2.75, 3.05) is 32.7 Å². The summed E-state index contributed by atoms with van der Waals surface area (Å²) in [5, 5.41) is 14.2. The number of rotatable bonds is 8. The van der Waals surface area contributed by atoms with Crippen LogP contribution in [0.4, 0.5) is 0 Å². The van der Waals surface area contributed by atoms with E-state index in [2.05, 4.69) is 32.2 Å². The molecule has 4 rings (SSSR count). The van der Waals surface area contributed by atoms with Crippen LogP contribution in [0.1, 0.15) is 37.4 Å². The molecule has 1 atom stereocenters. The van der Waals surface area contributed by atoms with Crippen molar-refractivity contribution in [1.29, 1.82) is 0 Å².